The number of nitrogens with zero attached hydrogens (tertiary/aromatic N) is 1. The van der Waals surface area contributed by atoms with Crippen LogP contribution in [0.5, 0.6) is 5.75 Å². The molecule has 1 unspecified atom stereocenters. The first-order chi connectivity index (χ1) is 12.8. The van der Waals surface area contributed by atoms with Gasteiger partial charge in [0.05, 0.1) is 12.2 Å². The number of likely N-dealkylation sites (N-methyl/N-ethyl adjacent to an activating group) is 1. The first-order valence-electron chi connectivity index (χ1n) is 10.1. The lowest BCUT2D eigenvalue weighted by molar-refractivity contribution is -0.135. The zero-order valence-corrected chi connectivity index (χ0v) is 17.3. The number of hydrogen-bond acceptors (Lipinski definition) is 3. The molecule has 1 aliphatic rings. The second-order valence-corrected chi connectivity index (χ2v) is 7.99. The Morgan fingerprint density at radius 2 is 1.81 bits per heavy atom. The molecule has 0 spiro atoms. The van der Waals surface area contributed by atoms with Crippen LogP contribution in [0.4, 0.5) is 0 Å². The molecule has 5 heteroatoms. The Labute approximate surface area is 163 Å². The van der Waals surface area contributed by atoms with E-state index in [-0.39, 0.29) is 23.8 Å². The second kappa shape index (κ2) is 9.77. The van der Waals surface area contributed by atoms with Crippen LogP contribution in [0, 0.1) is 11.8 Å². The zero-order valence-electron chi connectivity index (χ0n) is 17.3. The predicted octanol–water partition coefficient (Wildman–Crippen LogP) is 3.88. The molecule has 1 N–H and O–H groups in total. The summed E-state index contributed by atoms with van der Waals surface area (Å²) in [6, 6.07) is 6.87. The molecule has 1 fully saturated rings. The summed E-state index contributed by atoms with van der Waals surface area (Å²) >= 11 is 0. The van der Waals surface area contributed by atoms with Crippen molar-refractivity contribution in [3.63, 3.8) is 0 Å². The number of carbonyl (C=O) groups excluding carboxylic acids is 2. The van der Waals surface area contributed by atoms with E-state index >= 15 is 0 Å². The predicted molar refractivity (Wildman–Crippen MR) is 108 cm³/mol. The molecule has 5 nitrogen and oxygen atoms in total. The lowest BCUT2D eigenvalue weighted by Crippen LogP contribution is -2.53. The molecule has 1 aliphatic carbocycles. The van der Waals surface area contributed by atoms with Crippen LogP contribution in [0.15, 0.2) is 24.3 Å². The maximum atomic E-state index is 13.1. The largest absolute Gasteiger partial charge is 0.493 e. The van der Waals surface area contributed by atoms with Crippen molar-refractivity contribution in [2.24, 2.45) is 11.8 Å². The maximum Gasteiger partial charge on any atom is 0.255 e. The van der Waals surface area contributed by atoms with E-state index < -0.39 is 6.04 Å². The summed E-state index contributed by atoms with van der Waals surface area (Å²) in [5, 5.41) is 2.95. The van der Waals surface area contributed by atoms with Crippen molar-refractivity contribution in [2.75, 3.05) is 13.7 Å². The number of carbonyl (C=O) groups is 2. The van der Waals surface area contributed by atoms with Crippen molar-refractivity contribution in [1.82, 2.24) is 10.2 Å². The number of amides is 2. The smallest absolute Gasteiger partial charge is 0.255 e. The highest BCUT2D eigenvalue weighted by Gasteiger charge is 2.32. The van der Waals surface area contributed by atoms with Gasteiger partial charge in [-0.15, -0.1) is 0 Å². The summed E-state index contributed by atoms with van der Waals surface area (Å²) in [5.41, 5.74) is 0.465. The van der Waals surface area contributed by atoms with Gasteiger partial charge in [-0.3, -0.25) is 9.59 Å². The van der Waals surface area contributed by atoms with Gasteiger partial charge in [-0.2, -0.15) is 0 Å². The molecule has 2 amide bonds. The molecule has 0 saturated heterocycles. The average Bonchev–Trinajstić information content (AvgIpc) is 2.66. The number of nitrogens with one attached hydrogen (secondary N) is 1. The van der Waals surface area contributed by atoms with Crippen molar-refractivity contribution in [3.8, 4) is 5.75 Å². The van der Waals surface area contributed by atoms with Gasteiger partial charge in [0, 0.05) is 13.1 Å². The number of para-hydroxylation sites is 1. The van der Waals surface area contributed by atoms with Crippen LogP contribution in [0.3, 0.4) is 0 Å². The van der Waals surface area contributed by atoms with Crippen LogP contribution in [0.25, 0.3) is 0 Å². The summed E-state index contributed by atoms with van der Waals surface area (Å²) in [5.74, 6) is 1.01. The summed E-state index contributed by atoms with van der Waals surface area (Å²) < 4.78 is 5.56. The third kappa shape index (κ3) is 5.47. The monoisotopic (exact) mass is 374 g/mol. The Hall–Kier alpha value is -2.04. The van der Waals surface area contributed by atoms with Gasteiger partial charge in [-0.05, 0) is 56.6 Å². The molecular formula is C22H34N2O3. The van der Waals surface area contributed by atoms with E-state index in [0.29, 0.717) is 17.9 Å². The molecule has 0 aromatic heterocycles. The Balaban J connectivity index is 2.10. The van der Waals surface area contributed by atoms with Crippen LogP contribution < -0.4 is 10.1 Å². The van der Waals surface area contributed by atoms with Gasteiger partial charge in [0.15, 0.2) is 0 Å². The highest BCUT2D eigenvalue weighted by Crippen LogP contribution is 2.27. The summed E-state index contributed by atoms with van der Waals surface area (Å²) in [6.45, 7) is 8.57. The van der Waals surface area contributed by atoms with Crippen LogP contribution in [-0.2, 0) is 4.79 Å². The van der Waals surface area contributed by atoms with Gasteiger partial charge < -0.3 is 15.0 Å². The van der Waals surface area contributed by atoms with Gasteiger partial charge in [0.25, 0.3) is 5.91 Å². The third-order valence-electron chi connectivity index (χ3n) is 5.53. The van der Waals surface area contributed by atoms with Crippen molar-refractivity contribution < 1.29 is 14.3 Å². The lowest BCUT2D eigenvalue weighted by atomic mass is 9.86. The van der Waals surface area contributed by atoms with Gasteiger partial charge in [0.2, 0.25) is 5.91 Å². The number of hydrogen-bond donors (Lipinski definition) is 1. The molecule has 1 aromatic rings. The Morgan fingerprint density at radius 1 is 1.19 bits per heavy atom. The molecule has 1 aromatic carbocycles. The molecule has 27 heavy (non-hydrogen) atoms. The lowest BCUT2D eigenvalue weighted by Gasteiger charge is -2.36. The van der Waals surface area contributed by atoms with Crippen LogP contribution >= 0.6 is 0 Å². The Kier molecular flexibility index (Phi) is 7.69. The fourth-order valence-electron chi connectivity index (χ4n) is 3.70. The SMILES string of the molecule is CCOc1ccccc1C(=O)NC(C(=O)N(C)C1CCC(C)CC1)C(C)C. The summed E-state index contributed by atoms with van der Waals surface area (Å²) in [7, 11) is 1.87. The minimum Gasteiger partial charge on any atom is -0.493 e. The van der Waals surface area contributed by atoms with Crippen molar-refractivity contribution >= 4 is 11.8 Å². The van der Waals surface area contributed by atoms with Crippen molar-refractivity contribution in [1.29, 1.82) is 0 Å². The van der Waals surface area contributed by atoms with Crippen LogP contribution in [0.1, 0.15) is 63.7 Å². The maximum absolute atomic E-state index is 13.1. The minimum atomic E-state index is -0.545. The van der Waals surface area contributed by atoms with Gasteiger partial charge >= 0.3 is 0 Å². The topological polar surface area (TPSA) is 58.6 Å². The van der Waals surface area contributed by atoms with E-state index in [9.17, 15) is 9.59 Å². The van der Waals surface area contributed by atoms with Crippen molar-refractivity contribution in [3.05, 3.63) is 29.8 Å². The Bertz CT molecular complexity index is 636. The zero-order chi connectivity index (χ0) is 20.0. The number of ether oxygens (including phenoxy) is 1. The minimum absolute atomic E-state index is 0.00525. The molecule has 2 rings (SSSR count). The number of rotatable bonds is 7. The number of benzene rings is 1. The summed E-state index contributed by atoms with van der Waals surface area (Å²) in [4.78, 5) is 27.8. The summed E-state index contributed by atoms with van der Waals surface area (Å²) in [6.07, 6.45) is 4.39. The van der Waals surface area contributed by atoms with Crippen LogP contribution in [-0.4, -0.2) is 42.5 Å². The fraction of sp³-hybridized carbons (Fsp3) is 0.636. The van der Waals surface area contributed by atoms with Gasteiger partial charge in [-0.25, -0.2) is 0 Å². The van der Waals surface area contributed by atoms with E-state index in [1.54, 1.807) is 18.2 Å². The highest BCUT2D eigenvalue weighted by molar-refractivity contribution is 5.99. The quantitative estimate of drug-likeness (QED) is 0.788. The van der Waals surface area contributed by atoms with E-state index in [4.69, 9.17) is 4.74 Å². The van der Waals surface area contributed by atoms with Crippen molar-refractivity contribution in [2.45, 2.75) is 65.5 Å². The molecule has 1 saturated carbocycles. The van der Waals surface area contributed by atoms with E-state index in [1.165, 1.54) is 0 Å². The fourth-order valence-corrected chi connectivity index (χ4v) is 3.70. The Morgan fingerprint density at radius 3 is 2.41 bits per heavy atom. The molecule has 0 aliphatic heterocycles. The first kappa shape index (κ1) is 21.3. The normalized spacial score (nSPS) is 20.8. The molecular weight excluding hydrogens is 340 g/mol. The third-order valence-corrected chi connectivity index (χ3v) is 5.53. The van der Waals surface area contributed by atoms with E-state index in [0.717, 1.165) is 31.6 Å². The molecule has 0 heterocycles. The molecule has 0 bridgehead atoms. The molecule has 0 radical (unpaired) electrons. The van der Waals surface area contributed by atoms with Gasteiger partial charge in [0.1, 0.15) is 11.8 Å². The second-order valence-electron chi connectivity index (χ2n) is 7.99. The van der Waals surface area contributed by atoms with Gasteiger partial charge in [-0.1, -0.05) is 32.9 Å². The first-order valence-corrected chi connectivity index (χ1v) is 10.1. The average molecular weight is 375 g/mol. The standard InChI is InChI=1S/C22H34N2O3/c1-6-27-19-10-8-7-9-18(19)21(25)23-20(15(2)3)22(26)24(5)17-13-11-16(4)12-14-17/h7-10,15-17,20H,6,11-14H2,1-5H3,(H,23,25). The molecule has 1 atom stereocenters. The van der Waals surface area contributed by atoms with E-state index in [2.05, 4.69) is 12.2 Å². The highest BCUT2D eigenvalue weighted by atomic mass is 16.5. The van der Waals surface area contributed by atoms with Crippen LogP contribution in [0.2, 0.25) is 0 Å². The molecule has 150 valence electrons. The van der Waals surface area contributed by atoms with E-state index in [1.807, 2.05) is 38.8 Å².